The number of ether oxygens (including phenoxy) is 3. The molecule has 3 rings (SSSR count). The minimum Gasteiger partial charge on any atom is -0.493 e. The second kappa shape index (κ2) is 10.0. The summed E-state index contributed by atoms with van der Waals surface area (Å²) < 4.78 is 18.1. The molecule has 29 heavy (non-hydrogen) atoms. The number of rotatable bonds is 8. The molecule has 0 fully saturated rings. The molecule has 1 aromatic heterocycles. The molecule has 0 unspecified atom stereocenters. The Hall–Kier alpha value is -3.67. The van der Waals surface area contributed by atoms with Crippen LogP contribution in [0.3, 0.4) is 0 Å². The van der Waals surface area contributed by atoms with Crippen LogP contribution in [-0.2, 0) is 11.8 Å². The molecule has 3 aromatic rings. The van der Waals surface area contributed by atoms with Crippen LogP contribution in [0.25, 0.3) is 0 Å². The molecule has 0 atom stereocenters. The predicted molar refractivity (Wildman–Crippen MR) is 106 cm³/mol. The topological polar surface area (TPSA) is 65.7 Å². The Morgan fingerprint density at radius 1 is 0.828 bits per heavy atom. The molecular weight excluding hydrogens is 370 g/mol. The Balaban J connectivity index is 1.42. The summed E-state index contributed by atoms with van der Waals surface area (Å²) in [5, 5.41) is 0. The maximum absolute atomic E-state index is 12.1. The maximum Gasteiger partial charge on any atom is 0.344 e. The van der Waals surface area contributed by atoms with Crippen LogP contribution in [0.5, 0.6) is 11.5 Å². The van der Waals surface area contributed by atoms with Crippen molar-refractivity contribution in [2.24, 2.45) is 7.05 Å². The van der Waals surface area contributed by atoms with Gasteiger partial charge in [0.25, 0.3) is 0 Å². The van der Waals surface area contributed by atoms with E-state index in [0.29, 0.717) is 35.7 Å². The van der Waals surface area contributed by atoms with E-state index in [-0.39, 0.29) is 12.6 Å². The minimum absolute atomic E-state index is 0.250. The summed E-state index contributed by atoms with van der Waals surface area (Å²) in [7, 11) is 1.84. The molecule has 0 radical (unpaired) electrons. The molecule has 0 amide bonds. The Labute approximate surface area is 169 Å². The lowest BCUT2D eigenvalue weighted by Gasteiger charge is -2.09. The van der Waals surface area contributed by atoms with E-state index in [1.807, 2.05) is 19.3 Å². The Bertz CT molecular complexity index is 972. The van der Waals surface area contributed by atoms with Gasteiger partial charge in [-0.2, -0.15) is 0 Å². The lowest BCUT2D eigenvalue weighted by Crippen LogP contribution is -2.28. The number of hydrogen-bond donors (Lipinski definition) is 0. The average Bonchev–Trinajstić information content (AvgIpc) is 2.74. The Morgan fingerprint density at radius 3 is 2.38 bits per heavy atom. The number of pyridine rings is 1. The van der Waals surface area contributed by atoms with E-state index in [1.54, 1.807) is 71.4 Å². The van der Waals surface area contributed by atoms with E-state index in [4.69, 9.17) is 14.2 Å². The van der Waals surface area contributed by atoms with Crippen molar-refractivity contribution in [1.82, 2.24) is 0 Å². The summed E-state index contributed by atoms with van der Waals surface area (Å²) in [6.07, 6.45) is 4.09. The van der Waals surface area contributed by atoms with Gasteiger partial charge in [0, 0.05) is 18.6 Å². The number of benzene rings is 2. The van der Waals surface area contributed by atoms with E-state index in [9.17, 15) is 9.59 Å². The van der Waals surface area contributed by atoms with Crippen molar-refractivity contribution >= 4 is 11.9 Å². The molecule has 0 aliphatic heterocycles. The normalized spacial score (nSPS) is 10.2. The van der Waals surface area contributed by atoms with Gasteiger partial charge < -0.3 is 14.2 Å². The van der Waals surface area contributed by atoms with Crippen LogP contribution < -0.4 is 14.0 Å². The molecule has 0 aliphatic carbocycles. The van der Waals surface area contributed by atoms with E-state index < -0.39 is 5.97 Å². The third kappa shape index (κ3) is 6.17. The first-order chi connectivity index (χ1) is 14.1. The molecule has 6 heteroatoms. The van der Waals surface area contributed by atoms with Crippen LogP contribution in [0.4, 0.5) is 0 Å². The van der Waals surface area contributed by atoms with E-state index >= 15 is 0 Å². The summed E-state index contributed by atoms with van der Waals surface area (Å²) in [6, 6.07) is 19.1. The molecule has 0 spiro atoms. The van der Waals surface area contributed by atoms with Gasteiger partial charge in [0.1, 0.15) is 24.1 Å². The Morgan fingerprint density at radius 2 is 1.59 bits per heavy atom. The van der Waals surface area contributed by atoms with Gasteiger partial charge in [0.05, 0.1) is 18.8 Å². The lowest BCUT2D eigenvalue weighted by atomic mass is 10.2. The molecule has 1 heterocycles. The van der Waals surface area contributed by atoms with Crippen LogP contribution >= 0.6 is 0 Å². The first kappa shape index (κ1) is 20.1. The van der Waals surface area contributed by atoms with E-state index in [1.165, 1.54) is 0 Å². The fourth-order valence-electron chi connectivity index (χ4n) is 2.57. The third-order valence-electron chi connectivity index (χ3n) is 3.99. The highest BCUT2D eigenvalue weighted by molar-refractivity contribution is 5.91. The van der Waals surface area contributed by atoms with Gasteiger partial charge in [-0.15, -0.1) is 0 Å². The van der Waals surface area contributed by atoms with Crippen LogP contribution in [0.15, 0.2) is 79.1 Å². The van der Waals surface area contributed by atoms with Crippen molar-refractivity contribution in [2.45, 2.75) is 6.42 Å². The highest BCUT2D eigenvalue weighted by Gasteiger charge is 2.11. The van der Waals surface area contributed by atoms with Crippen molar-refractivity contribution in [3.63, 3.8) is 0 Å². The molecule has 0 saturated carbocycles. The van der Waals surface area contributed by atoms with Gasteiger partial charge in [-0.3, -0.25) is 0 Å². The minimum atomic E-state index is -0.427. The number of carbonyl (C=O) groups is 2. The summed E-state index contributed by atoms with van der Waals surface area (Å²) in [5.41, 5.74) is 0.983. The van der Waals surface area contributed by atoms with Crippen molar-refractivity contribution in [2.75, 3.05) is 13.2 Å². The second-order valence-electron chi connectivity index (χ2n) is 6.33. The quantitative estimate of drug-likeness (QED) is 0.255. The number of aromatic nitrogens is 1. The Kier molecular flexibility index (Phi) is 6.95. The van der Waals surface area contributed by atoms with Crippen LogP contribution in [0.1, 0.15) is 27.1 Å². The number of hydrogen-bond acceptors (Lipinski definition) is 5. The van der Waals surface area contributed by atoms with Crippen molar-refractivity contribution in [3.05, 3.63) is 90.3 Å². The van der Waals surface area contributed by atoms with Crippen molar-refractivity contribution < 1.29 is 28.4 Å². The average molecular weight is 392 g/mol. The zero-order valence-electron chi connectivity index (χ0n) is 16.1. The van der Waals surface area contributed by atoms with Crippen molar-refractivity contribution in [1.29, 1.82) is 0 Å². The fraction of sp³-hybridized carbons (Fsp3) is 0.174. The van der Waals surface area contributed by atoms with Gasteiger partial charge >= 0.3 is 11.9 Å². The fourth-order valence-corrected chi connectivity index (χ4v) is 2.57. The molecule has 148 valence electrons. The number of esters is 2. The molecule has 2 aromatic carbocycles. The summed E-state index contributed by atoms with van der Waals surface area (Å²) in [6.45, 7) is 0.617. The van der Waals surface area contributed by atoms with Gasteiger partial charge in [-0.25, -0.2) is 14.2 Å². The number of carbonyl (C=O) groups excluding carboxylic acids is 2. The van der Waals surface area contributed by atoms with Gasteiger partial charge in [0.15, 0.2) is 12.4 Å². The largest absolute Gasteiger partial charge is 0.493 e. The van der Waals surface area contributed by atoms with Crippen LogP contribution in [-0.4, -0.2) is 25.2 Å². The molecule has 6 nitrogen and oxygen atoms in total. The summed E-state index contributed by atoms with van der Waals surface area (Å²) >= 11 is 0. The van der Waals surface area contributed by atoms with Crippen LogP contribution in [0.2, 0.25) is 0 Å². The summed E-state index contributed by atoms with van der Waals surface area (Å²) in [4.78, 5) is 24.1. The standard InChI is InChI=1S/C23H22NO5/c1-24-13-6-10-19(17-24)22(25)28-15-7-14-27-20-11-5-12-21(16-20)29-23(26)18-8-3-2-4-9-18/h2-6,8-13,16-17H,7,14-15H2,1H3/q+1. The van der Waals surface area contributed by atoms with E-state index in [2.05, 4.69) is 0 Å². The molecule has 0 N–H and O–H groups in total. The van der Waals surface area contributed by atoms with Crippen molar-refractivity contribution in [3.8, 4) is 11.5 Å². The first-order valence-corrected chi connectivity index (χ1v) is 9.24. The maximum atomic E-state index is 12.1. The first-order valence-electron chi connectivity index (χ1n) is 9.24. The van der Waals surface area contributed by atoms with Gasteiger partial charge in [0.2, 0.25) is 0 Å². The highest BCUT2D eigenvalue weighted by atomic mass is 16.5. The zero-order valence-corrected chi connectivity index (χ0v) is 16.1. The van der Waals surface area contributed by atoms with Gasteiger partial charge in [-0.1, -0.05) is 24.3 Å². The number of aryl methyl sites for hydroxylation is 1. The monoisotopic (exact) mass is 392 g/mol. The predicted octanol–water partition coefficient (Wildman–Crippen LogP) is 3.36. The molecule has 0 bridgehead atoms. The molecule has 0 saturated heterocycles. The van der Waals surface area contributed by atoms with E-state index in [0.717, 1.165) is 0 Å². The smallest absolute Gasteiger partial charge is 0.344 e. The second-order valence-corrected chi connectivity index (χ2v) is 6.33. The summed E-state index contributed by atoms with van der Waals surface area (Å²) in [5.74, 6) is 0.185. The molecule has 0 aliphatic rings. The SMILES string of the molecule is C[n+]1cccc(C(=O)OCCCOc2cccc(OC(=O)c3ccccc3)c2)c1. The van der Waals surface area contributed by atoms with Gasteiger partial charge in [-0.05, 0) is 30.3 Å². The van der Waals surface area contributed by atoms with Crippen LogP contribution in [0, 0.1) is 0 Å². The molecular formula is C23H22NO5+. The lowest BCUT2D eigenvalue weighted by molar-refractivity contribution is -0.671. The number of nitrogens with zero attached hydrogens (tertiary/aromatic N) is 1. The highest BCUT2D eigenvalue weighted by Crippen LogP contribution is 2.20. The third-order valence-corrected chi connectivity index (χ3v) is 3.99. The zero-order chi connectivity index (χ0) is 20.5.